The zero-order valence-corrected chi connectivity index (χ0v) is 19.4. The molecule has 1 unspecified atom stereocenters. The van der Waals surface area contributed by atoms with Gasteiger partial charge in [-0.1, -0.05) is 23.8 Å². The van der Waals surface area contributed by atoms with Crippen LogP contribution in [-0.4, -0.2) is 34.5 Å². The molecule has 4 rings (SSSR count). The molecule has 0 bridgehead atoms. The van der Waals surface area contributed by atoms with E-state index in [9.17, 15) is 14.9 Å². The highest BCUT2D eigenvalue weighted by molar-refractivity contribution is 6.01. The van der Waals surface area contributed by atoms with E-state index in [-0.39, 0.29) is 23.1 Å². The predicted molar refractivity (Wildman–Crippen MR) is 128 cm³/mol. The van der Waals surface area contributed by atoms with Gasteiger partial charge in [0, 0.05) is 19.3 Å². The Hall–Kier alpha value is -3.96. The van der Waals surface area contributed by atoms with E-state index in [1.54, 1.807) is 18.3 Å². The minimum Gasteiger partial charge on any atom is -0.438 e. The van der Waals surface area contributed by atoms with Gasteiger partial charge in [-0.2, -0.15) is 10.2 Å². The van der Waals surface area contributed by atoms with Gasteiger partial charge in [0.2, 0.25) is 5.88 Å². The molecule has 0 saturated carbocycles. The van der Waals surface area contributed by atoms with Gasteiger partial charge in [0.1, 0.15) is 28.6 Å². The lowest BCUT2D eigenvalue weighted by Gasteiger charge is -2.13. The first-order valence-electron chi connectivity index (χ1n) is 11.2. The van der Waals surface area contributed by atoms with Gasteiger partial charge < -0.3 is 14.8 Å². The zero-order chi connectivity index (χ0) is 24.2. The van der Waals surface area contributed by atoms with Gasteiger partial charge in [-0.3, -0.25) is 14.0 Å². The molecule has 8 nitrogen and oxygen atoms in total. The fourth-order valence-electron chi connectivity index (χ4n) is 3.91. The maximum Gasteiger partial charge on any atom is 0.269 e. The number of nitrogens with one attached hydrogen (secondary N) is 1. The van der Waals surface area contributed by atoms with E-state index in [0.717, 1.165) is 29.5 Å². The van der Waals surface area contributed by atoms with Crippen LogP contribution in [0.4, 0.5) is 0 Å². The monoisotopic (exact) mass is 458 g/mol. The molecular weight excluding hydrogens is 432 g/mol. The molecule has 174 valence electrons. The number of hydrogen-bond donors (Lipinski definition) is 1. The Kier molecular flexibility index (Phi) is 6.75. The molecule has 1 amide bonds. The van der Waals surface area contributed by atoms with Crippen LogP contribution in [0.3, 0.4) is 0 Å². The summed E-state index contributed by atoms with van der Waals surface area (Å²) >= 11 is 0. The lowest BCUT2D eigenvalue weighted by atomic mass is 10.1. The van der Waals surface area contributed by atoms with Crippen LogP contribution in [0.5, 0.6) is 11.6 Å². The lowest BCUT2D eigenvalue weighted by Crippen LogP contribution is -2.32. The van der Waals surface area contributed by atoms with Crippen LogP contribution in [0.15, 0.2) is 46.9 Å². The lowest BCUT2D eigenvalue weighted by molar-refractivity contribution is -0.117. The number of nitriles is 1. The third-order valence-corrected chi connectivity index (χ3v) is 5.75. The molecule has 1 aromatic carbocycles. The smallest absolute Gasteiger partial charge is 0.269 e. The molecule has 34 heavy (non-hydrogen) atoms. The minimum atomic E-state index is -0.579. The van der Waals surface area contributed by atoms with Crippen molar-refractivity contribution in [1.82, 2.24) is 14.7 Å². The van der Waals surface area contributed by atoms with E-state index in [4.69, 9.17) is 9.47 Å². The van der Waals surface area contributed by atoms with E-state index in [1.165, 1.54) is 10.5 Å². The molecule has 1 atom stereocenters. The molecule has 8 heteroatoms. The normalized spacial score (nSPS) is 15.8. The Morgan fingerprint density at radius 1 is 1.32 bits per heavy atom. The van der Waals surface area contributed by atoms with Gasteiger partial charge in [0.15, 0.2) is 0 Å². The molecule has 0 radical (unpaired) electrons. The van der Waals surface area contributed by atoms with Gasteiger partial charge in [-0.15, -0.1) is 0 Å². The highest BCUT2D eigenvalue weighted by Crippen LogP contribution is 2.28. The average molecular weight is 459 g/mol. The molecule has 1 aliphatic heterocycles. The van der Waals surface area contributed by atoms with Crippen molar-refractivity contribution in [3.8, 4) is 17.7 Å². The highest BCUT2D eigenvalue weighted by atomic mass is 16.5. The molecule has 1 aliphatic rings. The number of fused-ring (bicyclic) bond motifs is 1. The first-order chi connectivity index (χ1) is 16.4. The summed E-state index contributed by atoms with van der Waals surface area (Å²) in [6.45, 7) is 6.69. The Balaban J connectivity index is 1.78. The Morgan fingerprint density at radius 3 is 2.85 bits per heavy atom. The number of ether oxygens (including phenoxy) is 2. The minimum absolute atomic E-state index is 0.0203. The number of rotatable bonds is 6. The van der Waals surface area contributed by atoms with Crippen molar-refractivity contribution in [3.05, 3.63) is 74.7 Å². The summed E-state index contributed by atoms with van der Waals surface area (Å²) < 4.78 is 13.0. The largest absolute Gasteiger partial charge is 0.438 e. The number of benzene rings is 1. The molecule has 3 heterocycles. The predicted octanol–water partition coefficient (Wildman–Crippen LogP) is 3.61. The van der Waals surface area contributed by atoms with E-state index < -0.39 is 11.5 Å². The molecule has 1 saturated heterocycles. The molecule has 1 N–H and O–H groups in total. The van der Waals surface area contributed by atoms with Gasteiger partial charge in [0.25, 0.3) is 11.5 Å². The van der Waals surface area contributed by atoms with Crippen LogP contribution in [0.25, 0.3) is 11.7 Å². The van der Waals surface area contributed by atoms with Crippen molar-refractivity contribution in [2.45, 2.75) is 39.7 Å². The van der Waals surface area contributed by atoms with Crippen molar-refractivity contribution >= 4 is 17.6 Å². The summed E-state index contributed by atoms with van der Waals surface area (Å²) in [7, 11) is 0. The second-order valence-electron chi connectivity index (χ2n) is 8.41. The number of hydrogen-bond acceptors (Lipinski definition) is 6. The van der Waals surface area contributed by atoms with Crippen molar-refractivity contribution in [2.24, 2.45) is 0 Å². The number of carbonyl (C=O) groups is 1. The van der Waals surface area contributed by atoms with Gasteiger partial charge in [-0.25, -0.2) is 0 Å². The summed E-state index contributed by atoms with van der Waals surface area (Å²) in [6.07, 6.45) is 4.57. The highest BCUT2D eigenvalue weighted by Gasteiger charge is 2.20. The molecule has 1 fully saturated rings. The SMILES string of the molecule is Cc1ccc(Oc2nc3c(C)cccn3c(=O)c2/C=C(\C#N)C(=O)NCC2CCCO2)c(C)c1. The Labute approximate surface area is 197 Å². The van der Waals surface area contributed by atoms with E-state index >= 15 is 0 Å². The fraction of sp³-hybridized carbons (Fsp3) is 0.308. The number of pyridine rings is 1. The van der Waals surface area contributed by atoms with E-state index in [2.05, 4.69) is 10.3 Å². The molecular formula is C26H26N4O4. The van der Waals surface area contributed by atoms with Crippen LogP contribution >= 0.6 is 0 Å². The first kappa shape index (κ1) is 23.2. The molecule has 2 aromatic heterocycles. The topological polar surface area (TPSA) is 106 Å². The third kappa shape index (κ3) is 4.85. The fourth-order valence-corrected chi connectivity index (χ4v) is 3.91. The first-order valence-corrected chi connectivity index (χ1v) is 11.2. The van der Waals surface area contributed by atoms with Crippen molar-refractivity contribution in [1.29, 1.82) is 5.26 Å². The third-order valence-electron chi connectivity index (χ3n) is 5.75. The molecule has 0 aliphatic carbocycles. The number of amides is 1. The molecule has 0 spiro atoms. The Morgan fingerprint density at radius 2 is 2.15 bits per heavy atom. The number of carbonyl (C=O) groups excluding carboxylic acids is 1. The van der Waals surface area contributed by atoms with Crippen molar-refractivity contribution < 1.29 is 14.3 Å². The molecule has 3 aromatic rings. The number of aromatic nitrogens is 2. The van der Waals surface area contributed by atoms with Crippen molar-refractivity contribution in [2.75, 3.05) is 13.2 Å². The standard InChI is InChI=1S/C26H26N4O4/c1-16-8-9-22(18(3)12-16)34-25-21(26(32)30-10-4-6-17(2)23(30)29-25)13-19(14-27)24(31)28-15-20-7-5-11-33-20/h4,6,8-10,12-13,20H,5,7,11,15H2,1-3H3,(H,28,31)/b19-13+. The summed E-state index contributed by atoms with van der Waals surface area (Å²) in [4.78, 5) is 30.7. The van der Waals surface area contributed by atoms with Crippen LogP contribution in [0.1, 0.15) is 35.1 Å². The van der Waals surface area contributed by atoms with Crippen LogP contribution in [0, 0.1) is 32.1 Å². The van der Waals surface area contributed by atoms with E-state index in [1.807, 2.05) is 45.0 Å². The average Bonchev–Trinajstić information content (AvgIpc) is 3.34. The summed E-state index contributed by atoms with van der Waals surface area (Å²) in [5, 5.41) is 12.4. The van der Waals surface area contributed by atoms with Gasteiger partial charge >= 0.3 is 0 Å². The van der Waals surface area contributed by atoms with Crippen molar-refractivity contribution in [3.63, 3.8) is 0 Å². The maximum absolute atomic E-state index is 13.4. The van der Waals surface area contributed by atoms with Crippen LogP contribution in [0.2, 0.25) is 0 Å². The van der Waals surface area contributed by atoms with Gasteiger partial charge in [-0.05, 0) is 62.9 Å². The summed E-state index contributed by atoms with van der Waals surface area (Å²) in [5.74, 6) is -0.0124. The van der Waals surface area contributed by atoms with Crippen LogP contribution < -0.4 is 15.6 Å². The van der Waals surface area contributed by atoms with Crippen LogP contribution in [-0.2, 0) is 9.53 Å². The Bertz CT molecular complexity index is 1380. The van der Waals surface area contributed by atoms with Gasteiger partial charge in [0.05, 0.1) is 6.10 Å². The zero-order valence-electron chi connectivity index (χ0n) is 19.4. The summed E-state index contributed by atoms with van der Waals surface area (Å²) in [5.41, 5.74) is 2.54. The summed E-state index contributed by atoms with van der Waals surface area (Å²) in [6, 6.07) is 11.1. The second-order valence-corrected chi connectivity index (χ2v) is 8.41. The number of nitrogens with zero attached hydrogens (tertiary/aromatic N) is 3. The second kappa shape index (κ2) is 9.89. The quantitative estimate of drug-likeness (QED) is 0.447. The van der Waals surface area contributed by atoms with E-state index in [0.29, 0.717) is 24.5 Å². The maximum atomic E-state index is 13.4. The number of aryl methyl sites for hydroxylation is 3.